The lowest BCUT2D eigenvalue weighted by atomic mass is 10.2. The van der Waals surface area contributed by atoms with Crippen LogP contribution in [0, 0.1) is 6.92 Å². The minimum atomic E-state index is -0.584. The minimum absolute atomic E-state index is 0.212. The molecule has 2 aromatic heterocycles. The number of aromatic nitrogens is 3. The van der Waals surface area contributed by atoms with Crippen molar-refractivity contribution in [2.45, 2.75) is 13.8 Å². The maximum absolute atomic E-state index is 13.2. The summed E-state index contributed by atoms with van der Waals surface area (Å²) in [7, 11) is 0. The zero-order chi connectivity index (χ0) is 14.0. The first kappa shape index (κ1) is 12.9. The van der Waals surface area contributed by atoms with E-state index in [1.165, 1.54) is 6.08 Å². The number of H-pyrrole nitrogens is 1. The number of aryl methyl sites for hydroxylation is 1. The molecule has 0 bridgehead atoms. The van der Waals surface area contributed by atoms with Gasteiger partial charge in [0.15, 0.2) is 17.3 Å². The zero-order valence-corrected chi connectivity index (χ0v) is 10.7. The van der Waals surface area contributed by atoms with Crippen molar-refractivity contribution < 1.29 is 4.39 Å². The van der Waals surface area contributed by atoms with Crippen molar-refractivity contribution >= 4 is 22.6 Å². The minimum Gasteiger partial charge on any atom is -0.381 e. The Kier molecular flexibility index (Phi) is 3.41. The second-order valence-corrected chi connectivity index (χ2v) is 4.06. The van der Waals surface area contributed by atoms with E-state index in [4.69, 9.17) is 5.73 Å². The average Bonchev–Trinajstić information content (AvgIpc) is 2.80. The highest BCUT2D eigenvalue weighted by molar-refractivity contribution is 5.99. The number of aromatic amines is 1. The van der Waals surface area contributed by atoms with Gasteiger partial charge >= 0.3 is 0 Å². The maximum Gasteiger partial charge on any atom is 0.181 e. The fraction of sp³-hybridized carbons (Fsp3) is 0.154. The first-order valence-electron chi connectivity index (χ1n) is 5.69. The van der Waals surface area contributed by atoms with Crippen molar-refractivity contribution in [2.75, 3.05) is 0 Å². The summed E-state index contributed by atoms with van der Waals surface area (Å²) < 4.78 is 13.2. The summed E-state index contributed by atoms with van der Waals surface area (Å²) >= 11 is 0. The highest BCUT2D eigenvalue weighted by atomic mass is 19.1. The molecule has 2 heterocycles. The molecular formula is C13H14FN5. The second kappa shape index (κ2) is 5.01. The number of halogens is 1. The Hall–Kier alpha value is -2.50. The van der Waals surface area contributed by atoms with E-state index in [1.54, 1.807) is 13.1 Å². The summed E-state index contributed by atoms with van der Waals surface area (Å²) in [5.74, 6) is -0.796. The molecule has 2 aromatic rings. The predicted molar refractivity (Wildman–Crippen MR) is 74.1 cm³/mol. The molecule has 0 fully saturated rings. The summed E-state index contributed by atoms with van der Waals surface area (Å²) in [5, 5.41) is 7.60. The van der Waals surface area contributed by atoms with Crippen molar-refractivity contribution in [3.8, 4) is 0 Å². The summed E-state index contributed by atoms with van der Waals surface area (Å²) in [6.07, 6.45) is 2.95. The summed E-state index contributed by atoms with van der Waals surface area (Å²) in [5.41, 5.74) is 7.94. The third-order valence-corrected chi connectivity index (χ3v) is 2.59. The van der Waals surface area contributed by atoms with Crippen LogP contribution in [0.4, 0.5) is 4.39 Å². The predicted octanol–water partition coefficient (Wildman–Crippen LogP) is 2.47. The number of hydrogen-bond acceptors (Lipinski definition) is 3. The van der Waals surface area contributed by atoms with E-state index in [9.17, 15) is 4.39 Å². The molecule has 0 aliphatic rings. The maximum atomic E-state index is 13.2. The molecule has 98 valence electrons. The molecule has 0 aromatic carbocycles. The number of fused-ring (bicyclic) bond motifs is 1. The fourth-order valence-electron chi connectivity index (χ4n) is 1.63. The third kappa shape index (κ3) is 2.52. The fourth-order valence-corrected chi connectivity index (χ4v) is 1.63. The number of nitrogens with zero attached hydrogens (tertiary/aromatic N) is 3. The van der Waals surface area contributed by atoms with Gasteiger partial charge in [0, 0.05) is 11.6 Å². The van der Waals surface area contributed by atoms with Crippen molar-refractivity contribution in [3.05, 3.63) is 42.0 Å². The van der Waals surface area contributed by atoms with Gasteiger partial charge in [-0.25, -0.2) is 14.4 Å². The molecule has 0 saturated carbocycles. The number of aliphatic imine (C=N–C) groups is 1. The molecule has 6 heteroatoms. The Labute approximate surface area is 109 Å². The molecule has 0 aliphatic carbocycles. The molecule has 2 rings (SSSR count). The van der Waals surface area contributed by atoms with Gasteiger partial charge in [0.25, 0.3) is 0 Å². The van der Waals surface area contributed by atoms with E-state index in [2.05, 4.69) is 26.8 Å². The molecular weight excluding hydrogens is 245 g/mol. The molecule has 3 N–H and O–H groups in total. The standard InChI is InChI=1S/C13H14FN5/c1-4-10(14)12(15)17-8(3)11-9-5-7(2)6-16-13(9)19-18-11/h4-6H,3H2,1-2H3,(H2,15,17)(H,16,18,19)/b10-4+. The summed E-state index contributed by atoms with van der Waals surface area (Å²) in [6, 6.07) is 1.91. The van der Waals surface area contributed by atoms with Crippen LogP contribution in [0.3, 0.4) is 0 Å². The van der Waals surface area contributed by atoms with Crippen LogP contribution < -0.4 is 5.73 Å². The van der Waals surface area contributed by atoms with E-state index in [0.29, 0.717) is 17.0 Å². The van der Waals surface area contributed by atoms with Gasteiger partial charge in [-0.05, 0) is 31.6 Å². The Morgan fingerprint density at radius 2 is 2.32 bits per heavy atom. The molecule has 5 nitrogen and oxygen atoms in total. The molecule has 19 heavy (non-hydrogen) atoms. The smallest absolute Gasteiger partial charge is 0.181 e. The lowest BCUT2D eigenvalue weighted by Gasteiger charge is -2.00. The molecule has 0 aliphatic heterocycles. The topological polar surface area (TPSA) is 80.0 Å². The molecule has 0 atom stereocenters. The third-order valence-electron chi connectivity index (χ3n) is 2.59. The highest BCUT2D eigenvalue weighted by Crippen LogP contribution is 2.22. The van der Waals surface area contributed by atoms with Crippen molar-refractivity contribution in [1.29, 1.82) is 0 Å². The first-order chi connectivity index (χ1) is 9.02. The van der Waals surface area contributed by atoms with Crippen molar-refractivity contribution in [2.24, 2.45) is 10.7 Å². The van der Waals surface area contributed by atoms with Gasteiger partial charge < -0.3 is 5.73 Å². The Bertz CT molecular complexity index is 696. The Balaban J connectivity index is 2.45. The van der Waals surface area contributed by atoms with E-state index >= 15 is 0 Å². The summed E-state index contributed by atoms with van der Waals surface area (Å²) in [6.45, 7) is 7.23. The van der Waals surface area contributed by atoms with Gasteiger partial charge in [0.05, 0.1) is 11.4 Å². The van der Waals surface area contributed by atoms with Crippen molar-refractivity contribution in [1.82, 2.24) is 15.2 Å². The lowest BCUT2D eigenvalue weighted by Crippen LogP contribution is -2.12. The SMILES string of the molecule is C=C(N=C(N)/C(F)=C\C)c1[nH]nc2ncc(C)cc12. The number of amidine groups is 1. The van der Waals surface area contributed by atoms with Crippen LogP contribution in [-0.4, -0.2) is 21.0 Å². The van der Waals surface area contributed by atoms with Crippen LogP contribution in [0.1, 0.15) is 18.2 Å². The van der Waals surface area contributed by atoms with Crippen LogP contribution in [0.15, 0.2) is 35.7 Å². The number of nitrogens with one attached hydrogen (secondary N) is 1. The largest absolute Gasteiger partial charge is 0.381 e. The molecule has 0 spiro atoms. The highest BCUT2D eigenvalue weighted by Gasteiger charge is 2.10. The lowest BCUT2D eigenvalue weighted by molar-refractivity contribution is 0.677. The molecule has 0 unspecified atom stereocenters. The second-order valence-electron chi connectivity index (χ2n) is 4.06. The zero-order valence-electron chi connectivity index (χ0n) is 10.7. The van der Waals surface area contributed by atoms with Crippen LogP contribution in [0.5, 0.6) is 0 Å². The van der Waals surface area contributed by atoms with Gasteiger partial charge in [-0.15, -0.1) is 0 Å². The normalized spacial score (nSPS) is 13.0. The van der Waals surface area contributed by atoms with Gasteiger partial charge in [-0.2, -0.15) is 5.10 Å². The van der Waals surface area contributed by atoms with Crippen LogP contribution in [0.25, 0.3) is 16.7 Å². The van der Waals surface area contributed by atoms with Gasteiger partial charge in [-0.3, -0.25) is 5.10 Å². The van der Waals surface area contributed by atoms with Crippen LogP contribution in [0.2, 0.25) is 0 Å². The number of rotatable bonds is 3. The van der Waals surface area contributed by atoms with E-state index in [0.717, 1.165) is 10.9 Å². The van der Waals surface area contributed by atoms with E-state index in [-0.39, 0.29) is 5.84 Å². The van der Waals surface area contributed by atoms with Crippen LogP contribution in [-0.2, 0) is 0 Å². The number of nitrogens with two attached hydrogens (primary N) is 1. The van der Waals surface area contributed by atoms with E-state index in [1.807, 2.05) is 13.0 Å². The molecule has 0 radical (unpaired) electrons. The van der Waals surface area contributed by atoms with Gasteiger partial charge in [0.2, 0.25) is 0 Å². The van der Waals surface area contributed by atoms with Gasteiger partial charge in [-0.1, -0.05) is 6.58 Å². The quantitative estimate of drug-likeness (QED) is 0.656. The van der Waals surface area contributed by atoms with E-state index < -0.39 is 5.83 Å². The van der Waals surface area contributed by atoms with Crippen molar-refractivity contribution in [3.63, 3.8) is 0 Å². The first-order valence-corrected chi connectivity index (χ1v) is 5.69. The number of pyridine rings is 1. The molecule has 0 amide bonds. The Morgan fingerprint density at radius 1 is 1.58 bits per heavy atom. The number of allylic oxidation sites excluding steroid dienone is 1. The average molecular weight is 259 g/mol. The summed E-state index contributed by atoms with van der Waals surface area (Å²) in [4.78, 5) is 8.09. The molecule has 0 saturated heterocycles. The monoisotopic (exact) mass is 259 g/mol. The Morgan fingerprint density at radius 3 is 3.00 bits per heavy atom. The number of hydrogen-bond donors (Lipinski definition) is 2. The van der Waals surface area contributed by atoms with Gasteiger partial charge in [0.1, 0.15) is 0 Å². The van der Waals surface area contributed by atoms with Crippen LogP contribution >= 0.6 is 0 Å².